The van der Waals surface area contributed by atoms with Crippen molar-refractivity contribution in [3.05, 3.63) is 45.7 Å². The van der Waals surface area contributed by atoms with Crippen LogP contribution in [0.1, 0.15) is 75.8 Å². The summed E-state index contributed by atoms with van der Waals surface area (Å²) in [6, 6.07) is 7.90. The van der Waals surface area contributed by atoms with Gasteiger partial charge in [0.1, 0.15) is 5.82 Å². The number of rotatable bonds is 5. The molecule has 3 N–H and O–H groups in total. The number of carbonyl (C=O) groups is 2. The van der Waals surface area contributed by atoms with E-state index in [1.54, 1.807) is 0 Å². The Hall–Kier alpha value is -3.16. The maximum absolute atomic E-state index is 13.1. The zero-order valence-electron chi connectivity index (χ0n) is 18.9. The van der Waals surface area contributed by atoms with Crippen LogP contribution < -0.4 is 21.1 Å². The van der Waals surface area contributed by atoms with E-state index in [-0.39, 0.29) is 35.2 Å². The molecule has 2 aliphatic rings. The van der Waals surface area contributed by atoms with Crippen LogP contribution >= 0.6 is 0 Å². The minimum atomic E-state index is -0.892. The first kappa shape index (κ1) is 22.0. The summed E-state index contributed by atoms with van der Waals surface area (Å²) >= 11 is 0. The van der Waals surface area contributed by atoms with Crippen molar-refractivity contribution < 1.29 is 9.59 Å². The number of piperidine rings is 1. The van der Waals surface area contributed by atoms with Crippen LogP contribution in [-0.2, 0) is 9.59 Å². The lowest BCUT2D eigenvalue weighted by Crippen LogP contribution is -2.43. The van der Waals surface area contributed by atoms with E-state index >= 15 is 0 Å². The lowest BCUT2D eigenvalue weighted by molar-refractivity contribution is -0.123. The molecule has 0 spiro atoms. The minimum absolute atomic E-state index is 0.0890. The average Bonchev–Trinajstić information content (AvgIpc) is 2.78. The molecule has 2 aliphatic heterocycles. The second-order valence-corrected chi connectivity index (χ2v) is 8.97. The molecule has 0 bridgehead atoms. The SMILES string of the molecule is CC[C@H]1CCCCN1c1nc2c(c(=O)[nH]1)[C@H](C(=O)Nc1ccc(C(C)C)cc1)CC(=O)N2. The monoisotopic (exact) mass is 437 g/mol. The number of carbonyl (C=O) groups excluding carboxylic acids is 2. The number of amides is 2. The number of aromatic nitrogens is 2. The molecule has 4 rings (SSSR count). The lowest BCUT2D eigenvalue weighted by atomic mass is 9.92. The van der Waals surface area contributed by atoms with Crippen LogP contribution in [0.2, 0.25) is 0 Å². The van der Waals surface area contributed by atoms with Gasteiger partial charge in [0.25, 0.3) is 5.56 Å². The van der Waals surface area contributed by atoms with Gasteiger partial charge < -0.3 is 15.5 Å². The number of benzene rings is 1. The van der Waals surface area contributed by atoms with Crippen LogP contribution in [0.25, 0.3) is 0 Å². The summed E-state index contributed by atoms with van der Waals surface area (Å²) in [5.41, 5.74) is 1.64. The fourth-order valence-electron chi connectivity index (χ4n) is 4.60. The van der Waals surface area contributed by atoms with Crippen LogP contribution in [0.5, 0.6) is 0 Å². The van der Waals surface area contributed by atoms with Crippen LogP contribution in [0, 0.1) is 0 Å². The first-order valence-corrected chi connectivity index (χ1v) is 11.5. The summed E-state index contributed by atoms with van der Waals surface area (Å²) in [5, 5.41) is 5.56. The van der Waals surface area contributed by atoms with Gasteiger partial charge in [-0.25, -0.2) is 0 Å². The van der Waals surface area contributed by atoms with Gasteiger partial charge in [0.05, 0.1) is 11.5 Å². The van der Waals surface area contributed by atoms with Crippen LogP contribution in [-0.4, -0.2) is 34.4 Å². The summed E-state index contributed by atoms with van der Waals surface area (Å²) in [6.45, 7) is 7.14. The largest absolute Gasteiger partial charge is 0.339 e. The molecule has 0 aliphatic carbocycles. The molecule has 170 valence electrons. The number of nitrogens with zero attached hydrogens (tertiary/aromatic N) is 2. The van der Waals surface area contributed by atoms with E-state index in [1.165, 1.54) is 5.56 Å². The fraction of sp³-hybridized carbons (Fsp3) is 0.500. The van der Waals surface area contributed by atoms with E-state index in [1.807, 2.05) is 24.3 Å². The molecular formula is C24H31N5O3. The Morgan fingerprint density at radius 2 is 1.97 bits per heavy atom. The third-order valence-electron chi connectivity index (χ3n) is 6.47. The quantitative estimate of drug-likeness (QED) is 0.661. The van der Waals surface area contributed by atoms with Crippen molar-refractivity contribution in [1.82, 2.24) is 9.97 Å². The Balaban J connectivity index is 1.61. The molecule has 8 heteroatoms. The molecule has 2 aromatic rings. The standard InChI is InChI=1S/C24H31N5O3/c1-4-17-7-5-6-12-29(17)24-27-21-20(23(32)28-24)18(13-19(30)26-21)22(31)25-16-10-8-15(9-11-16)14(2)3/h8-11,14,17-18H,4-7,12-13H2,1-3H3,(H,25,31)(H2,26,27,28,30,32)/t17-,18+/m0/s1. The van der Waals surface area contributed by atoms with Crippen LogP contribution in [0.4, 0.5) is 17.5 Å². The van der Waals surface area contributed by atoms with Gasteiger partial charge in [-0.05, 0) is 49.3 Å². The number of nitrogens with one attached hydrogen (secondary N) is 3. The van der Waals surface area contributed by atoms with E-state index in [0.29, 0.717) is 23.6 Å². The summed E-state index contributed by atoms with van der Waals surface area (Å²) in [4.78, 5) is 48.1. The van der Waals surface area contributed by atoms with Crippen molar-refractivity contribution in [2.45, 2.75) is 70.8 Å². The summed E-state index contributed by atoms with van der Waals surface area (Å²) in [7, 11) is 0. The fourth-order valence-corrected chi connectivity index (χ4v) is 4.60. The third kappa shape index (κ3) is 4.40. The molecule has 1 aromatic heterocycles. The van der Waals surface area contributed by atoms with Gasteiger partial charge in [-0.15, -0.1) is 0 Å². The predicted octanol–water partition coefficient (Wildman–Crippen LogP) is 3.73. The topological polar surface area (TPSA) is 107 Å². The van der Waals surface area contributed by atoms with E-state index < -0.39 is 5.92 Å². The molecule has 2 amide bonds. The Morgan fingerprint density at radius 1 is 1.22 bits per heavy atom. The number of fused-ring (bicyclic) bond motifs is 1. The molecule has 0 unspecified atom stereocenters. The minimum Gasteiger partial charge on any atom is -0.339 e. The van der Waals surface area contributed by atoms with Gasteiger partial charge >= 0.3 is 0 Å². The van der Waals surface area contributed by atoms with Crippen molar-refractivity contribution in [2.75, 3.05) is 22.1 Å². The number of H-pyrrole nitrogens is 1. The smallest absolute Gasteiger partial charge is 0.258 e. The van der Waals surface area contributed by atoms with E-state index in [9.17, 15) is 14.4 Å². The van der Waals surface area contributed by atoms with Crippen LogP contribution in [0.3, 0.4) is 0 Å². The number of hydrogen-bond donors (Lipinski definition) is 3. The maximum atomic E-state index is 13.1. The zero-order chi connectivity index (χ0) is 22.8. The average molecular weight is 438 g/mol. The Bertz CT molecular complexity index is 1060. The summed E-state index contributed by atoms with van der Waals surface area (Å²) < 4.78 is 0. The Labute approximate surface area is 187 Å². The number of aromatic amines is 1. The van der Waals surface area contributed by atoms with E-state index in [2.05, 4.69) is 46.3 Å². The molecule has 1 aromatic carbocycles. The molecule has 0 radical (unpaired) electrons. The van der Waals surface area contributed by atoms with Gasteiger partial charge in [-0.2, -0.15) is 4.98 Å². The molecule has 32 heavy (non-hydrogen) atoms. The maximum Gasteiger partial charge on any atom is 0.258 e. The molecule has 8 nitrogen and oxygen atoms in total. The third-order valence-corrected chi connectivity index (χ3v) is 6.47. The van der Waals surface area contributed by atoms with Crippen molar-refractivity contribution in [2.24, 2.45) is 0 Å². The number of hydrogen-bond acceptors (Lipinski definition) is 5. The number of anilines is 3. The highest BCUT2D eigenvalue weighted by Gasteiger charge is 2.35. The van der Waals surface area contributed by atoms with Gasteiger partial charge in [0.15, 0.2) is 0 Å². The predicted molar refractivity (Wildman–Crippen MR) is 125 cm³/mol. The van der Waals surface area contributed by atoms with Gasteiger partial charge in [0.2, 0.25) is 17.8 Å². The van der Waals surface area contributed by atoms with E-state index in [0.717, 1.165) is 32.2 Å². The molecule has 3 heterocycles. The molecule has 0 saturated carbocycles. The highest BCUT2D eigenvalue weighted by molar-refractivity contribution is 6.04. The highest BCUT2D eigenvalue weighted by Crippen LogP contribution is 2.32. The van der Waals surface area contributed by atoms with Gasteiger partial charge in [-0.1, -0.05) is 32.9 Å². The van der Waals surface area contributed by atoms with Crippen molar-refractivity contribution in [3.8, 4) is 0 Å². The normalized spacial score (nSPS) is 20.6. The summed E-state index contributed by atoms with van der Waals surface area (Å²) in [6.07, 6.45) is 4.10. The second-order valence-electron chi connectivity index (χ2n) is 8.97. The first-order chi connectivity index (χ1) is 15.4. The van der Waals surface area contributed by atoms with Crippen molar-refractivity contribution in [3.63, 3.8) is 0 Å². The van der Waals surface area contributed by atoms with Gasteiger partial charge in [0, 0.05) is 24.7 Å². The first-order valence-electron chi connectivity index (χ1n) is 11.5. The molecule has 1 fully saturated rings. The lowest BCUT2D eigenvalue weighted by Gasteiger charge is -2.36. The summed E-state index contributed by atoms with van der Waals surface area (Å²) in [5.74, 6) is -0.552. The molecule has 2 atom stereocenters. The molecule has 1 saturated heterocycles. The van der Waals surface area contributed by atoms with Gasteiger partial charge in [-0.3, -0.25) is 19.4 Å². The zero-order valence-corrected chi connectivity index (χ0v) is 18.9. The van der Waals surface area contributed by atoms with E-state index in [4.69, 9.17) is 0 Å². The van der Waals surface area contributed by atoms with Crippen molar-refractivity contribution in [1.29, 1.82) is 0 Å². The Kier molecular flexibility index (Phi) is 6.30. The van der Waals surface area contributed by atoms with Crippen molar-refractivity contribution >= 4 is 29.3 Å². The highest BCUT2D eigenvalue weighted by atomic mass is 16.2. The Morgan fingerprint density at radius 3 is 2.66 bits per heavy atom. The molecular weight excluding hydrogens is 406 g/mol. The van der Waals surface area contributed by atoms with Crippen LogP contribution in [0.15, 0.2) is 29.1 Å². The second kappa shape index (κ2) is 9.14.